The Balaban J connectivity index is 2.18. The Kier molecular flexibility index (Phi) is 5.30. The summed E-state index contributed by atoms with van der Waals surface area (Å²) in [5.74, 6) is 5.67. The van der Waals surface area contributed by atoms with Crippen LogP contribution in [0.1, 0.15) is 6.42 Å². The van der Waals surface area contributed by atoms with Crippen LogP contribution >= 0.6 is 0 Å². The first kappa shape index (κ1) is 13.3. The second-order valence-corrected chi connectivity index (χ2v) is 3.83. The minimum absolute atomic E-state index is 0.0536. The van der Waals surface area contributed by atoms with Gasteiger partial charge in [-0.15, -0.1) is 5.10 Å². The largest absolute Gasteiger partial charge is 0.342 e. The van der Waals surface area contributed by atoms with Gasteiger partial charge in [-0.1, -0.05) is 5.10 Å². The Bertz CT molecular complexity index is 324. The highest BCUT2D eigenvalue weighted by Gasteiger charge is 2.09. The third-order valence-corrected chi connectivity index (χ3v) is 2.07. The molecule has 0 radical (unpaired) electrons. The van der Waals surface area contributed by atoms with Crippen molar-refractivity contribution >= 4 is 11.9 Å². The molecule has 0 saturated heterocycles. The fourth-order valence-electron chi connectivity index (χ4n) is 1.17. The molecule has 0 saturated carbocycles. The fourth-order valence-corrected chi connectivity index (χ4v) is 1.17. The number of rotatable bonds is 7. The van der Waals surface area contributed by atoms with Gasteiger partial charge in [-0.3, -0.25) is 9.80 Å². The van der Waals surface area contributed by atoms with Crippen molar-refractivity contribution in [3.8, 4) is 0 Å². The Labute approximate surface area is 99.3 Å². The topological polar surface area (TPSA) is 116 Å². The second kappa shape index (κ2) is 6.76. The van der Waals surface area contributed by atoms with Crippen LogP contribution in [0.15, 0.2) is 0 Å². The number of nitrogens with one attached hydrogen (secondary N) is 2. The van der Waals surface area contributed by atoms with Gasteiger partial charge in [0, 0.05) is 6.54 Å². The number of carbonyl (C=O) groups excluding carboxylic acids is 1. The number of nitrogens with two attached hydrogens (primary N) is 1. The number of aromatic nitrogens is 4. The molecule has 1 rings (SSSR count). The van der Waals surface area contributed by atoms with E-state index in [1.165, 1.54) is 5.01 Å². The Hall–Kier alpha value is -1.74. The summed E-state index contributed by atoms with van der Waals surface area (Å²) in [6.45, 7) is 1.46. The number of amides is 1. The second-order valence-electron chi connectivity index (χ2n) is 3.83. The van der Waals surface area contributed by atoms with Crippen molar-refractivity contribution in [2.24, 2.45) is 5.84 Å². The van der Waals surface area contributed by atoms with E-state index in [4.69, 9.17) is 5.84 Å². The van der Waals surface area contributed by atoms with Crippen molar-refractivity contribution in [2.75, 3.05) is 39.0 Å². The molecule has 1 heterocycles. The first-order valence-electron chi connectivity index (χ1n) is 5.26. The maximum Gasteiger partial charge on any atom is 0.263 e. The lowest BCUT2D eigenvalue weighted by atomic mass is 10.4. The Morgan fingerprint density at radius 2 is 2.24 bits per heavy atom. The molecule has 0 aliphatic heterocycles. The number of anilines is 1. The van der Waals surface area contributed by atoms with Crippen LogP contribution in [0.3, 0.4) is 0 Å². The summed E-state index contributed by atoms with van der Waals surface area (Å²) in [5.41, 5.74) is 0. The summed E-state index contributed by atoms with van der Waals surface area (Å²) in [7, 11) is 3.95. The van der Waals surface area contributed by atoms with Gasteiger partial charge in [0.1, 0.15) is 0 Å². The van der Waals surface area contributed by atoms with Gasteiger partial charge in [0.15, 0.2) is 0 Å². The molecule has 0 unspecified atom stereocenters. The average molecular weight is 242 g/mol. The van der Waals surface area contributed by atoms with Crippen molar-refractivity contribution in [1.29, 1.82) is 0 Å². The van der Waals surface area contributed by atoms with E-state index in [1.807, 2.05) is 19.0 Å². The van der Waals surface area contributed by atoms with Crippen molar-refractivity contribution in [2.45, 2.75) is 6.42 Å². The molecule has 0 atom stereocenters. The first-order valence-corrected chi connectivity index (χ1v) is 5.26. The van der Waals surface area contributed by atoms with Gasteiger partial charge in [0.25, 0.3) is 11.9 Å². The number of hydrogen-bond acceptors (Lipinski definition) is 7. The van der Waals surface area contributed by atoms with Crippen LogP contribution in [0.4, 0.5) is 5.95 Å². The number of hydrazine groups is 1. The highest BCUT2D eigenvalue weighted by Crippen LogP contribution is 1.92. The van der Waals surface area contributed by atoms with E-state index in [2.05, 4.69) is 25.9 Å². The molecule has 9 nitrogen and oxygen atoms in total. The summed E-state index contributed by atoms with van der Waals surface area (Å²) >= 11 is 0. The maximum atomic E-state index is 11.6. The Morgan fingerprint density at radius 3 is 2.82 bits per heavy atom. The first-order chi connectivity index (χ1) is 8.09. The van der Waals surface area contributed by atoms with E-state index in [0.717, 1.165) is 13.0 Å². The standard InChI is InChI=1S/C8H18N8O/c1-15(2)4-3-5-16(9)7(17)6-10-8-11-13-14-12-8/h3-6,9H2,1-2H3,(H2,10,11,12,13,14). The summed E-state index contributed by atoms with van der Waals surface area (Å²) in [4.78, 5) is 13.6. The Morgan fingerprint density at radius 1 is 1.47 bits per heavy atom. The van der Waals surface area contributed by atoms with Crippen molar-refractivity contribution in [3.63, 3.8) is 0 Å². The van der Waals surface area contributed by atoms with E-state index < -0.39 is 0 Å². The predicted octanol–water partition coefficient (Wildman–Crippen LogP) is -1.73. The van der Waals surface area contributed by atoms with Gasteiger partial charge >= 0.3 is 0 Å². The molecule has 17 heavy (non-hydrogen) atoms. The van der Waals surface area contributed by atoms with Gasteiger partial charge in [-0.25, -0.2) is 5.84 Å². The van der Waals surface area contributed by atoms with Crippen LogP contribution in [0, 0.1) is 0 Å². The smallest absolute Gasteiger partial charge is 0.263 e. The molecular weight excluding hydrogens is 224 g/mol. The van der Waals surface area contributed by atoms with Crippen molar-refractivity contribution in [1.82, 2.24) is 30.5 Å². The number of tetrazole rings is 1. The van der Waals surface area contributed by atoms with Crippen LogP contribution in [0.5, 0.6) is 0 Å². The van der Waals surface area contributed by atoms with E-state index in [-0.39, 0.29) is 18.4 Å². The third-order valence-electron chi connectivity index (χ3n) is 2.07. The summed E-state index contributed by atoms with van der Waals surface area (Å²) in [5, 5.41) is 16.8. The normalized spacial score (nSPS) is 10.6. The monoisotopic (exact) mass is 242 g/mol. The summed E-state index contributed by atoms with van der Waals surface area (Å²) in [6.07, 6.45) is 0.831. The van der Waals surface area contributed by atoms with Gasteiger partial charge < -0.3 is 10.2 Å². The lowest BCUT2D eigenvalue weighted by Gasteiger charge is -2.17. The zero-order chi connectivity index (χ0) is 12.7. The SMILES string of the molecule is CN(C)CCCN(N)C(=O)CNc1nn[nH]n1. The zero-order valence-electron chi connectivity index (χ0n) is 10.1. The highest BCUT2D eigenvalue weighted by atomic mass is 16.2. The van der Waals surface area contributed by atoms with Gasteiger partial charge in [0.05, 0.1) is 6.54 Å². The number of carbonyl (C=O) groups is 1. The third kappa shape index (κ3) is 5.22. The number of hydrogen-bond donors (Lipinski definition) is 3. The molecule has 0 bridgehead atoms. The average Bonchev–Trinajstić information content (AvgIpc) is 2.78. The number of H-pyrrole nitrogens is 1. The van der Waals surface area contributed by atoms with Gasteiger partial charge in [-0.2, -0.15) is 5.21 Å². The molecule has 1 aromatic heterocycles. The molecule has 9 heteroatoms. The number of aromatic amines is 1. The van der Waals surface area contributed by atoms with E-state index in [0.29, 0.717) is 6.54 Å². The molecule has 0 aliphatic rings. The molecule has 0 spiro atoms. The predicted molar refractivity (Wildman–Crippen MR) is 61.7 cm³/mol. The van der Waals surface area contributed by atoms with Gasteiger partial charge in [-0.05, 0) is 32.3 Å². The molecular formula is C8H18N8O. The summed E-state index contributed by atoms with van der Waals surface area (Å²) < 4.78 is 0. The van der Waals surface area contributed by atoms with Crippen molar-refractivity contribution in [3.05, 3.63) is 0 Å². The minimum Gasteiger partial charge on any atom is -0.342 e. The van der Waals surface area contributed by atoms with E-state index in [1.54, 1.807) is 0 Å². The van der Waals surface area contributed by atoms with Crippen molar-refractivity contribution < 1.29 is 4.79 Å². The maximum absolute atomic E-state index is 11.6. The molecule has 4 N–H and O–H groups in total. The zero-order valence-corrected chi connectivity index (χ0v) is 10.1. The van der Waals surface area contributed by atoms with Crippen LogP contribution < -0.4 is 11.2 Å². The van der Waals surface area contributed by atoms with Crippen LogP contribution in [-0.2, 0) is 4.79 Å². The fraction of sp³-hybridized carbons (Fsp3) is 0.750. The highest BCUT2D eigenvalue weighted by molar-refractivity contribution is 5.79. The summed E-state index contributed by atoms with van der Waals surface area (Å²) in [6, 6.07) is 0. The quantitative estimate of drug-likeness (QED) is 0.295. The van der Waals surface area contributed by atoms with Crippen LogP contribution in [0.25, 0.3) is 0 Å². The lowest BCUT2D eigenvalue weighted by Crippen LogP contribution is -2.42. The molecule has 96 valence electrons. The lowest BCUT2D eigenvalue weighted by molar-refractivity contribution is -0.129. The molecule has 0 fully saturated rings. The molecule has 0 aliphatic carbocycles. The van der Waals surface area contributed by atoms with Gasteiger partial charge in [0.2, 0.25) is 0 Å². The number of nitrogens with zero attached hydrogens (tertiary/aromatic N) is 5. The van der Waals surface area contributed by atoms with Crippen LogP contribution in [-0.4, -0.2) is 70.2 Å². The molecule has 1 aromatic rings. The van der Waals surface area contributed by atoms with Crippen LogP contribution in [0.2, 0.25) is 0 Å². The molecule has 1 amide bonds. The molecule has 0 aromatic carbocycles. The van der Waals surface area contributed by atoms with E-state index in [9.17, 15) is 4.79 Å². The minimum atomic E-state index is -0.214. The van der Waals surface area contributed by atoms with E-state index >= 15 is 0 Å².